The molecule has 0 aliphatic heterocycles. The zero-order valence-electron chi connectivity index (χ0n) is 6.38. The molecular formula is C7H9FN2O2. The molecule has 0 unspecified atom stereocenters. The number of aromatic nitrogens is 2. The van der Waals surface area contributed by atoms with Crippen LogP contribution < -0.4 is 0 Å². The predicted octanol–water partition coefficient (Wildman–Crippen LogP) is 1.01. The number of nitrogens with zero attached hydrogens (tertiary/aromatic N) is 1. The lowest BCUT2D eigenvalue weighted by Crippen LogP contribution is -1.95. The molecule has 0 saturated heterocycles. The number of carboxylic acid groups (broad SMARTS) is 1. The molecule has 12 heavy (non-hydrogen) atoms. The quantitative estimate of drug-likeness (QED) is 0.712. The third kappa shape index (κ3) is 2.05. The number of aryl methyl sites for hydroxylation is 1. The molecule has 0 radical (unpaired) electrons. The number of aromatic carboxylic acids is 1. The molecule has 0 fully saturated rings. The van der Waals surface area contributed by atoms with E-state index in [9.17, 15) is 9.18 Å². The van der Waals surface area contributed by atoms with Crippen LogP contribution in [0, 0.1) is 0 Å². The SMILES string of the molecule is O=C(O)c1cc(CCCF)[nH]n1. The fraction of sp³-hybridized carbons (Fsp3) is 0.429. The summed E-state index contributed by atoms with van der Waals surface area (Å²) in [6, 6.07) is 1.41. The van der Waals surface area contributed by atoms with Gasteiger partial charge >= 0.3 is 5.97 Å². The Bertz CT molecular complexity index is 272. The highest BCUT2D eigenvalue weighted by Crippen LogP contribution is 2.02. The summed E-state index contributed by atoms with van der Waals surface area (Å²) in [5.41, 5.74) is 0.633. The number of alkyl halides is 1. The fourth-order valence-corrected chi connectivity index (χ4v) is 0.857. The van der Waals surface area contributed by atoms with Crippen LogP contribution in [0.3, 0.4) is 0 Å². The van der Waals surface area contributed by atoms with Crippen molar-refractivity contribution in [3.63, 3.8) is 0 Å². The number of nitrogens with one attached hydrogen (secondary N) is 1. The molecule has 0 atom stereocenters. The molecule has 0 bridgehead atoms. The van der Waals surface area contributed by atoms with E-state index in [-0.39, 0.29) is 5.69 Å². The Balaban J connectivity index is 2.58. The summed E-state index contributed by atoms with van der Waals surface area (Å²) in [6.07, 6.45) is 0.887. The van der Waals surface area contributed by atoms with Gasteiger partial charge in [0.1, 0.15) is 0 Å². The molecule has 0 aliphatic carbocycles. The van der Waals surface area contributed by atoms with Crippen molar-refractivity contribution in [1.82, 2.24) is 10.2 Å². The summed E-state index contributed by atoms with van der Waals surface area (Å²) in [5, 5.41) is 14.5. The first-order valence-corrected chi connectivity index (χ1v) is 3.57. The average molecular weight is 172 g/mol. The highest BCUT2D eigenvalue weighted by atomic mass is 19.1. The average Bonchev–Trinajstić information content (AvgIpc) is 2.48. The minimum atomic E-state index is -1.07. The Kier molecular flexibility index (Phi) is 2.79. The molecule has 0 aliphatic rings. The van der Waals surface area contributed by atoms with E-state index in [0.717, 1.165) is 0 Å². The molecule has 0 aromatic carbocycles. The number of hydrogen-bond acceptors (Lipinski definition) is 2. The molecule has 5 heteroatoms. The molecule has 1 heterocycles. The molecule has 66 valence electrons. The highest BCUT2D eigenvalue weighted by molar-refractivity contribution is 5.85. The van der Waals surface area contributed by atoms with E-state index < -0.39 is 12.6 Å². The summed E-state index contributed by atoms with van der Waals surface area (Å²) < 4.78 is 11.7. The summed E-state index contributed by atoms with van der Waals surface area (Å²) in [6.45, 7) is -0.401. The van der Waals surface area contributed by atoms with Crippen LogP contribution in [0.15, 0.2) is 6.07 Å². The number of aromatic amines is 1. The van der Waals surface area contributed by atoms with Gasteiger partial charge in [0.15, 0.2) is 5.69 Å². The van der Waals surface area contributed by atoms with E-state index in [1.165, 1.54) is 6.07 Å². The van der Waals surface area contributed by atoms with Gasteiger partial charge in [-0.1, -0.05) is 0 Å². The van der Waals surface area contributed by atoms with Gasteiger partial charge in [0.25, 0.3) is 0 Å². The van der Waals surface area contributed by atoms with Crippen LogP contribution in [-0.4, -0.2) is 27.9 Å². The van der Waals surface area contributed by atoms with Gasteiger partial charge in [-0.25, -0.2) is 4.79 Å². The van der Waals surface area contributed by atoms with Gasteiger partial charge in [0.2, 0.25) is 0 Å². The predicted molar refractivity (Wildman–Crippen MR) is 39.8 cm³/mol. The van der Waals surface area contributed by atoms with Crippen molar-refractivity contribution in [3.8, 4) is 0 Å². The Labute approximate surface area is 68.4 Å². The molecule has 2 N–H and O–H groups in total. The Hall–Kier alpha value is -1.39. The van der Waals surface area contributed by atoms with Crippen LogP contribution in [-0.2, 0) is 6.42 Å². The molecule has 1 rings (SSSR count). The van der Waals surface area contributed by atoms with E-state index in [4.69, 9.17) is 5.11 Å². The topological polar surface area (TPSA) is 66.0 Å². The van der Waals surface area contributed by atoms with Gasteiger partial charge in [0, 0.05) is 5.69 Å². The van der Waals surface area contributed by atoms with Gasteiger partial charge < -0.3 is 5.11 Å². The minimum absolute atomic E-state index is 0.0242. The number of halogens is 1. The number of carbonyl (C=O) groups is 1. The second kappa shape index (κ2) is 3.85. The molecule has 0 amide bonds. The summed E-state index contributed by atoms with van der Waals surface area (Å²) in [7, 11) is 0. The molecule has 1 aromatic rings. The second-order valence-corrected chi connectivity index (χ2v) is 2.38. The molecule has 4 nitrogen and oxygen atoms in total. The van der Waals surface area contributed by atoms with Crippen molar-refractivity contribution in [2.24, 2.45) is 0 Å². The summed E-state index contributed by atoms with van der Waals surface area (Å²) in [4.78, 5) is 10.3. The maximum Gasteiger partial charge on any atom is 0.356 e. The monoisotopic (exact) mass is 172 g/mol. The largest absolute Gasteiger partial charge is 0.476 e. The van der Waals surface area contributed by atoms with Crippen molar-refractivity contribution in [2.45, 2.75) is 12.8 Å². The lowest BCUT2D eigenvalue weighted by atomic mass is 10.2. The van der Waals surface area contributed by atoms with Gasteiger partial charge in [-0.3, -0.25) is 9.49 Å². The van der Waals surface area contributed by atoms with E-state index in [1.54, 1.807) is 0 Å². The Morgan fingerprint density at radius 2 is 2.50 bits per heavy atom. The summed E-state index contributed by atoms with van der Waals surface area (Å²) >= 11 is 0. The van der Waals surface area contributed by atoms with Crippen molar-refractivity contribution in [1.29, 1.82) is 0 Å². The van der Waals surface area contributed by atoms with E-state index in [1.807, 2.05) is 0 Å². The van der Waals surface area contributed by atoms with Crippen LogP contribution in [0.5, 0.6) is 0 Å². The smallest absolute Gasteiger partial charge is 0.356 e. The van der Waals surface area contributed by atoms with Crippen molar-refractivity contribution in [2.75, 3.05) is 6.67 Å². The second-order valence-electron chi connectivity index (χ2n) is 2.38. The third-order valence-corrected chi connectivity index (χ3v) is 1.43. The van der Waals surface area contributed by atoms with Crippen LogP contribution in [0.25, 0.3) is 0 Å². The zero-order chi connectivity index (χ0) is 8.97. The van der Waals surface area contributed by atoms with Gasteiger partial charge in [-0.15, -0.1) is 0 Å². The standard InChI is InChI=1S/C7H9FN2O2/c8-3-1-2-5-4-6(7(11)12)10-9-5/h4H,1-3H2,(H,9,10)(H,11,12). The van der Waals surface area contributed by atoms with E-state index >= 15 is 0 Å². The van der Waals surface area contributed by atoms with Gasteiger partial charge in [0.05, 0.1) is 6.67 Å². The van der Waals surface area contributed by atoms with E-state index in [0.29, 0.717) is 18.5 Å². The zero-order valence-corrected chi connectivity index (χ0v) is 6.38. The van der Waals surface area contributed by atoms with Crippen molar-refractivity contribution >= 4 is 5.97 Å². The lowest BCUT2D eigenvalue weighted by Gasteiger charge is -1.89. The minimum Gasteiger partial charge on any atom is -0.476 e. The maximum atomic E-state index is 11.7. The van der Waals surface area contributed by atoms with E-state index in [2.05, 4.69) is 10.2 Å². The normalized spacial score (nSPS) is 10.1. The highest BCUT2D eigenvalue weighted by Gasteiger charge is 2.06. The molecule has 1 aromatic heterocycles. The first-order chi connectivity index (χ1) is 5.74. The molecule has 0 spiro atoms. The van der Waals surface area contributed by atoms with Crippen molar-refractivity contribution in [3.05, 3.63) is 17.5 Å². The first-order valence-electron chi connectivity index (χ1n) is 3.57. The number of hydrogen-bond donors (Lipinski definition) is 2. The Morgan fingerprint density at radius 1 is 1.75 bits per heavy atom. The van der Waals surface area contributed by atoms with Crippen molar-refractivity contribution < 1.29 is 14.3 Å². The lowest BCUT2D eigenvalue weighted by molar-refractivity contribution is 0.0690. The molecule has 0 saturated carbocycles. The van der Waals surface area contributed by atoms with Crippen LogP contribution >= 0.6 is 0 Å². The maximum absolute atomic E-state index is 11.7. The van der Waals surface area contributed by atoms with Gasteiger partial charge in [-0.2, -0.15) is 5.10 Å². The van der Waals surface area contributed by atoms with Gasteiger partial charge in [-0.05, 0) is 18.9 Å². The van der Waals surface area contributed by atoms with Crippen LogP contribution in [0.1, 0.15) is 22.6 Å². The Morgan fingerprint density at radius 3 is 3.00 bits per heavy atom. The first kappa shape index (κ1) is 8.70. The summed E-state index contributed by atoms with van der Waals surface area (Å²) in [5.74, 6) is -1.07. The van der Waals surface area contributed by atoms with Crippen LogP contribution in [0.4, 0.5) is 4.39 Å². The number of H-pyrrole nitrogens is 1. The number of rotatable bonds is 4. The van der Waals surface area contributed by atoms with Crippen LogP contribution in [0.2, 0.25) is 0 Å². The third-order valence-electron chi connectivity index (χ3n) is 1.43. The number of carboxylic acids is 1. The fourth-order valence-electron chi connectivity index (χ4n) is 0.857. The molecular weight excluding hydrogens is 163 g/mol.